The second kappa shape index (κ2) is 10.6. The van der Waals surface area contributed by atoms with Gasteiger partial charge in [0.2, 0.25) is 12.1 Å². The normalized spacial score (nSPS) is 21.4. The van der Waals surface area contributed by atoms with E-state index in [2.05, 4.69) is 37.1 Å². The van der Waals surface area contributed by atoms with Gasteiger partial charge in [-0.05, 0) is 44.8 Å². The number of carbonyl (C=O) groups is 1. The van der Waals surface area contributed by atoms with Crippen molar-refractivity contribution in [2.75, 3.05) is 30.3 Å². The van der Waals surface area contributed by atoms with Crippen LogP contribution in [0.5, 0.6) is 0 Å². The summed E-state index contributed by atoms with van der Waals surface area (Å²) in [6.07, 6.45) is 6.50. The fourth-order valence-electron chi connectivity index (χ4n) is 5.37. The topological polar surface area (TPSA) is 108 Å². The molecule has 0 aliphatic carbocycles. The highest BCUT2D eigenvalue weighted by molar-refractivity contribution is 6.19. The van der Waals surface area contributed by atoms with E-state index in [1.54, 1.807) is 0 Å². The Morgan fingerprint density at radius 2 is 1.86 bits per heavy atom. The number of benzodiazepines with no additional fused rings is 1. The molecule has 6 rings (SSSR count). The van der Waals surface area contributed by atoms with Crippen molar-refractivity contribution in [3.05, 3.63) is 83.4 Å². The molecule has 0 bridgehead atoms. The highest BCUT2D eigenvalue weighted by Crippen LogP contribution is 2.28. The molecule has 9 nitrogen and oxygen atoms in total. The Morgan fingerprint density at radius 1 is 1.05 bits per heavy atom. The van der Waals surface area contributed by atoms with Gasteiger partial charge in [-0.3, -0.25) is 4.79 Å². The number of para-hydroxylation sites is 1. The zero-order valence-electron chi connectivity index (χ0n) is 20.7. The minimum Gasteiger partial charge on any atom is -0.408 e. The number of fused-ring (bicyclic) bond motifs is 1. The molecule has 1 aromatic heterocycles. The number of carbonyl (C=O) groups excluding carboxylic acids is 1. The minimum absolute atomic E-state index is 0.178. The molecule has 2 saturated heterocycles. The average Bonchev–Trinajstić information content (AvgIpc) is 3.57. The lowest BCUT2D eigenvalue weighted by atomic mass is 10.0. The number of allylic oxidation sites excluding steroid dienone is 2. The summed E-state index contributed by atoms with van der Waals surface area (Å²) in [5, 5.41) is 17.8. The van der Waals surface area contributed by atoms with Crippen LogP contribution < -0.4 is 16.0 Å². The average molecular weight is 498 g/mol. The lowest BCUT2D eigenvalue weighted by Crippen LogP contribution is -2.41. The summed E-state index contributed by atoms with van der Waals surface area (Å²) >= 11 is 0. The first-order valence-corrected chi connectivity index (χ1v) is 13.0. The van der Waals surface area contributed by atoms with Gasteiger partial charge in [-0.2, -0.15) is 0 Å². The largest absolute Gasteiger partial charge is 0.408 e. The molecule has 0 spiro atoms. The van der Waals surface area contributed by atoms with Crippen LogP contribution in [0.4, 0.5) is 11.7 Å². The number of nitrogens with one attached hydrogen (secondary N) is 3. The number of benzene rings is 2. The van der Waals surface area contributed by atoms with Crippen molar-refractivity contribution in [2.45, 2.75) is 44.3 Å². The van der Waals surface area contributed by atoms with Crippen LogP contribution in [-0.4, -0.2) is 58.6 Å². The van der Waals surface area contributed by atoms with Gasteiger partial charge in [-0.25, -0.2) is 4.99 Å². The fourth-order valence-corrected chi connectivity index (χ4v) is 5.37. The number of hydrogen-bond donors (Lipinski definition) is 3. The Morgan fingerprint density at radius 3 is 2.73 bits per heavy atom. The highest BCUT2D eigenvalue weighted by Gasteiger charge is 2.28. The van der Waals surface area contributed by atoms with Crippen molar-refractivity contribution in [1.29, 1.82) is 0 Å². The van der Waals surface area contributed by atoms with Crippen molar-refractivity contribution < 1.29 is 9.21 Å². The van der Waals surface area contributed by atoms with E-state index in [4.69, 9.17) is 9.41 Å². The molecule has 0 saturated carbocycles. The molecule has 3 N–H and O–H groups in total. The summed E-state index contributed by atoms with van der Waals surface area (Å²) in [5.74, 6) is 0.223. The van der Waals surface area contributed by atoms with Crippen molar-refractivity contribution in [2.24, 2.45) is 4.99 Å². The van der Waals surface area contributed by atoms with E-state index in [-0.39, 0.29) is 11.9 Å². The molecule has 3 aliphatic heterocycles. The lowest BCUT2D eigenvalue weighted by molar-refractivity contribution is -0.116. The molecule has 2 aromatic carbocycles. The van der Waals surface area contributed by atoms with Crippen molar-refractivity contribution >= 4 is 23.3 Å². The number of hydrogen-bond acceptors (Lipinski definition) is 8. The monoisotopic (exact) mass is 497 g/mol. The number of likely N-dealkylation sites (tertiary alicyclic amines) is 1. The summed E-state index contributed by atoms with van der Waals surface area (Å²) in [6.45, 7) is 3.29. The molecular weight excluding hydrogens is 466 g/mol. The third-order valence-electron chi connectivity index (χ3n) is 7.18. The molecule has 37 heavy (non-hydrogen) atoms. The van der Waals surface area contributed by atoms with Gasteiger partial charge in [-0.1, -0.05) is 59.7 Å². The third-order valence-corrected chi connectivity index (χ3v) is 7.18. The molecule has 0 radical (unpaired) electrons. The summed E-state index contributed by atoms with van der Waals surface area (Å²) in [5.41, 5.74) is 4.59. The van der Waals surface area contributed by atoms with Crippen LogP contribution in [0.3, 0.4) is 0 Å². The van der Waals surface area contributed by atoms with E-state index in [0.29, 0.717) is 24.0 Å². The first-order valence-electron chi connectivity index (χ1n) is 13.0. The smallest absolute Gasteiger partial charge is 0.317 e. The van der Waals surface area contributed by atoms with E-state index in [9.17, 15) is 4.79 Å². The maximum atomic E-state index is 13.1. The van der Waals surface area contributed by atoms with E-state index in [1.807, 2.05) is 54.6 Å². The van der Waals surface area contributed by atoms with Gasteiger partial charge in [0, 0.05) is 35.8 Å². The number of anilines is 2. The van der Waals surface area contributed by atoms with E-state index in [1.165, 1.54) is 25.0 Å². The van der Waals surface area contributed by atoms with Crippen LogP contribution in [0, 0.1) is 0 Å². The van der Waals surface area contributed by atoms with Crippen LogP contribution in [-0.2, 0) is 11.2 Å². The summed E-state index contributed by atoms with van der Waals surface area (Å²) in [6, 6.07) is 18.3. The first kappa shape index (κ1) is 23.4. The van der Waals surface area contributed by atoms with Gasteiger partial charge < -0.3 is 25.3 Å². The quantitative estimate of drug-likeness (QED) is 0.478. The molecule has 3 aliphatic rings. The second-order valence-corrected chi connectivity index (χ2v) is 9.60. The molecule has 1 atom stereocenters. The summed E-state index contributed by atoms with van der Waals surface area (Å²) in [7, 11) is 0. The Kier molecular flexibility index (Phi) is 6.68. The van der Waals surface area contributed by atoms with Gasteiger partial charge in [0.25, 0.3) is 5.91 Å². The summed E-state index contributed by atoms with van der Waals surface area (Å²) in [4.78, 5) is 20.4. The number of nitrogens with zero attached hydrogens (tertiary/aromatic N) is 4. The molecule has 1 amide bonds. The zero-order valence-corrected chi connectivity index (χ0v) is 20.7. The van der Waals surface area contributed by atoms with E-state index in [0.717, 1.165) is 42.9 Å². The summed E-state index contributed by atoms with van der Waals surface area (Å²) < 4.78 is 5.88. The number of piperidine rings is 1. The Bertz CT molecular complexity index is 1310. The fraction of sp³-hybridized carbons (Fsp3) is 0.357. The molecular formula is C28H31N7O2. The first-order chi connectivity index (χ1) is 18.2. The van der Waals surface area contributed by atoms with Crippen LogP contribution in [0.2, 0.25) is 0 Å². The maximum absolute atomic E-state index is 13.1. The number of amides is 1. The molecule has 190 valence electrons. The SMILES string of the molecule is O=C1Nc2ccccc2C(c2ccccc2)=NC1Nc1nnc(C/C=C2/CCCN2C2CCNCC2)o1. The van der Waals surface area contributed by atoms with Crippen LogP contribution in [0.15, 0.2) is 75.8 Å². The Labute approximate surface area is 216 Å². The Balaban J connectivity index is 1.19. The van der Waals surface area contributed by atoms with Crippen LogP contribution in [0.1, 0.15) is 42.7 Å². The van der Waals surface area contributed by atoms with Crippen molar-refractivity contribution in [3.63, 3.8) is 0 Å². The van der Waals surface area contributed by atoms with Gasteiger partial charge in [-0.15, -0.1) is 5.10 Å². The van der Waals surface area contributed by atoms with Crippen LogP contribution in [0.25, 0.3) is 0 Å². The maximum Gasteiger partial charge on any atom is 0.317 e. The minimum atomic E-state index is -0.917. The molecule has 2 fully saturated rings. The highest BCUT2D eigenvalue weighted by atomic mass is 16.4. The Hall–Kier alpha value is -3.98. The van der Waals surface area contributed by atoms with Crippen LogP contribution >= 0.6 is 0 Å². The predicted molar refractivity (Wildman–Crippen MR) is 142 cm³/mol. The lowest BCUT2D eigenvalue weighted by Gasteiger charge is -2.34. The van der Waals surface area contributed by atoms with Crippen molar-refractivity contribution in [1.82, 2.24) is 20.4 Å². The predicted octanol–water partition coefficient (Wildman–Crippen LogP) is 3.57. The molecule has 1 unspecified atom stereocenters. The van der Waals surface area contributed by atoms with E-state index >= 15 is 0 Å². The molecule has 9 heteroatoms. The molecule has 4 heterocycles. The zero-order chi connectivity index (χ0) is 25.0. The number of aliphatic imine (C=N–C) groups is 1. The number of rotatable bonds is 6. The molecule has 3 aromatic rings. The third kappa shape index (κ3) is 5.13. The van der Waals surface area contributed by atoms with E-state index < -0.39 is 6.17 Å². The standard InChI is InChI=1S/C28H31N7O2/c36-27-26(31-25(19-7-2-1-3-8-19)22-10-4-5-11-23(22)30-27)32-28-34-33-24(37-28)13-12-20-9-6-18-35(20)21-14-16-29-17-15-21/h1-5,7-8,10-12,21,26,29H,6,9,13-18H2,(H,30,36)(H,32,34)/b20-12-. The van der Waals surface area contributed by atoms with Gasteiger partial charge in [0.15, 0.2) is 0 Å². The van der Waals surface area contributed by atoms with Crippen molar-refractivity contribution in [3.8, 4) is 0 Å². The van der Waals surface area contributed by atoms with Gasteiger partial charge in [0.05, 0.1) is 11.4 Å². The second-order valence-electron chi connectivity index (χ2n) is 9.60. The number of aromatic nitrogens is 2. The van der Waals surface area contributed by atoms with Gasteiger partial charge >= 0.3 is 6.01 Å². The van der Waals surface area contributed by atoms with Gasteiger partial charge in [0.1, 0.15) is 0 Å².